The third-order valence-electron chi connectivity index (χ3n) is 7.27. The maximum atomic E-state index is 12.5. The lowest BCUT2D eigenvalue weighted by atomic mass is 10.0. The molecule has 0 bridgehead atoms. The second-order valence-corrected chi connectivity index (χ2v) is 10.3. The van der Waals surface area contributed by atoms with Crippen molar-refractivity contribution in [2.45, 2.75) is 44.8 Å². The number of nitrogens with one attached hydrogen (secondary N) is 1. The fourth-order valence-electron chi connectivity index (χ4n) is 5.25. The molecule has 36 heavy (non-hydrogen) atoms. The monoisotopic (exact) mass is 506 g/mol. The summed E-state index contributed by atoms with van der Waals surface area (Å²) < 4.78 is 6.24. The van der Waals surface area contributed by atoms with Crippen LogP contribution < -0.4 is 10.1 Å². The summed E-state index contributed by atoms with van der Waals surface area (Å²) in [5.74, 6) is 0.569. The number of pyridine rings is 1. The van der Waals surface area contributed by atoms with Gasteiger partial charge in [0.25, 0.3) is 5.91 Å². The summed E-state index contributed by atoms with van der Waals surface area (Å²) in [5.41, 5.74) is 2.92. The molecule has 2 saturated heterocycles. The molecule has 2 fully saturated rings. The van der Waals surface area contributed by atoms with E-state index in [1.165, 1.54) is 36.9 Å². The molecule has 0 spiro atoms. The van der Waals surface area contributed by atoms with Gasteiger partial charge in [-0.15, -0.1) is 0 Å². The van der Waals surface area contributed by atoms with Gasteiger partial charge in [0, 0.05) is 43.3 Å². The van der Waals surface area contributed by atoms with Crippen molar-refractivity contribution in [3.05, 3.63) is 70.9 Å². The van der Waals surface area contributed by atoms with Crippen LogP contribution in [0.1, 0.15) is 48.0 Å². The van der Waals surface area contributed by atoms with Gasteiger partial charge in [-0.1, -0.05) is 35.9 Å². The second-order valence-electron chi connectivity index (χ2n) is 9.89. The Balaban J connectivity index is 1.08. The Hall–Kier alpha value is -2.67. The SMILES string of the molecule is O=C(NCCCN1CCCC1)c1ccc(OC2CCN(Cc3cccc4cccnc34)CC2)c(Cl)c1. The highest BCUT2D eigenvalue weighted by Gasteiger charge is 2.22. The molecule has 2 aliphatic heterocycles. The Morgan fingerprint density at radius 1 is 1.03 bits per heavy atom. The maximum absolute atomic E-state index is 12.5. The van der Waals surface area contributed by atoms with Gasteiger partial charge in [-0.05, 0) is 81.6 Å². The summed E-state index contributed by atoms with van der Waals surface area (Å²) in [5, 5.41) is 4.68. The predicted molar refractivity (Wildman–Crippen MR) is 145 cm³/mol. The molecule has 3 aromatic rings. The average Bonchev–Trinajstić information content (AvgIpc) is 3.43. The van der Waals surface area contributed by atoms with Crippen molar-refractivity contribution < 1.29 is 9.53 Å². The number of fused-ring (bicyclic) bond motifs is 1. The second kappa shape index (κ2) is 12.0. The number of piperidine rings is 1. The minimum Gasteiger partial charge on any atom is -0.489 e. The molecule has 1 N–H and O–H groups in total. The van der Waals surface area contributed by atoms with Gasteiger partial charge in [-0.25, -0.2) is 0 Å². The lowest BCUT2D eigenvalue weighted by Crippen LogP contribution is -2.37. The Bertz CT molecular complexity index is 1170. The quantitative estimate of drug-likeness (QED) is 0.407. The highest BCUT2D eigenvalue weighted by molar-refractivity contribution is 6.32. The number of hydrogen-bond donors (Lipinski definition) is 1. The number of amides is 1. The van der Waals surface area contributed by atoms with Crippen LogP contribution in [0.2, 0.25) is 5.02 Å². The zero-order chi connectivity index (χ0) is 24.7. The number of benzene rings is 2. The number of ether oxygens (including phenoxy) is 1. The third-order valence-corrected chi connectivity index (χ3v) is 7.56. The Morgan fingerprint density at radius 3 is 2.64 bits per heavy atom. The van der Waals surface area contributed by atoms with E-state index in [-0.39, 0.29) is 12.0 Å². The normalized spacial score (nSPS) is 17.5. The molecule has 0 aliphatic carbocycles. The predicted octanol–water partition coefficient (Wildman–Crippen LogP) is 5.15. The smallest absolute Gasteiger partial charge is 0.251 e. The summed E-state index contributed by atoms with van der Waals surface area (Å²) >= 11 is 6.50. The number of halogens is 1. The van der Waals surface area contributed by atoms with Gasteiger partial charge in [-0.3, -0.25) is 14.7 Å². The van der Waals surface area contributed by atoms with Crippen molar-refractivity contribution in [1.82, 2.24) is 20.1 Å². The highest BCUT2D eigenvalue weighted by atomic mass is 35.5. The molecule has 7 heteroatoms. The number of nitrogens with zero attached hydrogens (tertiary/aromatic N) is 3. The lowest BCUT2D eigenvalue weighted by Gasteiger charge is -2.32. The summed E-state index contributed by atoms with van der Waals surface area (Å²) in [6.07, 6.45) is 7.41. The van der Waals surface area contributed by atoms with Crippen LogP contribution in [0, 0.1) is 0 Å². The van der Waals surface area contributed by atoms with E-state index in [4.69, 9.17) is 16.3 Å². The van der Waals surface area contributed by atoms with Crippen molar-refractivity contribution in [2.75, 3.05) is 39.3 Å². The Morgan fingerprint density at radius 2 is 1.83 bits per heavy atom. The molecule has 0 saturated carbocycles. The Kier molecular flexibility index (Phi) is 8.36. The van der Waals surface area contributed by atoms with Crippen LogP contribution in [0.25, 0.3) is 10.9 Å². The molecule has 6 nitrogen and oxygen atoms in total. The largest absolute Gasteiger partial charge is 0.489 e. The van der Waals surface area contributed by atoms with Crippen molar-refractivity contribution in [1.29, 1.82) is 0 Å². The average molecular weight is 507 g/mol. The van der Waals surface area contributed by atoms with Crippen LogP contribution in [0.4, 0.5) is 0 Å². The van der Waals surface area contributed by atoms with E-state index in [2.05, 4.69) is 44.4 Å². The van der Waals surface area contributed by atoms with E-state index < -0.39 is 0 Å². The van der Waals surface area contributed by atoms with E-state index in [0.717, 1.165) is 51.0 Å². The fourth-order valence-corrected chi connectivity index (χ4v) is 5.48. The molecular formula is C29H35ClN4O2. The molecule has 1 amide bonds. The summed E-state index contributed by atoms with van der Waals surface area (Å²) in [6.45, 7) is 6.91. The van der Waals surface area contributed by atoms with Crippen molar-refractivity contribution >= 4 is 28.4 Å². The first-order valence-electron chi connectivity index (χ1n) is 13.2. The highest BCUT2D eigenvalue weighted by Crippen LogP contribution is 2.29. The molecular weight excluding hydrogens is 472 g/mol. The topological polar surface area (TPSA) is 57.7 Å². The van der Waals surface area contributed by atoms with Gasteiger partial charge in [0.15, 0.2) is 0 Å². The minimum absolute atomic E-state index is 0.0823. The molecule has 3 heterocycles. The first-order chi connectivity index (χ1) is 17.7. The van der Waals surface area contributed by atoms with E-state index in [0.29, 0.717) is 22.9 Å². The van der Waals surface area contributed by atoms with Crippen LogP contribution in [-0.4, -0.2) is 66.1 Å². The molecule has 0 radical (unpaired) electrons. The number of hydrogen-bond acceptors (Lipinski definition) is 5. The van der Waals surface area contributed by atoms with Gasteiger partial charge >= 0.3 is 0 Å². The maximum Gasteiger partial charge on any atom is 0.251 e. The molecule has 2 aromatic carbocycles. The first kappa shape index (κ1) is 25.0. The minimum atomic E-state index is -0.0823. The Labute approximate surface area is 218 Å². The first-order valence-corrected chi connectivity index (χ1v) is 13.6. The summed E-state index contributed by atoms with van der Waals surface area (Å²) in [6, 6.07) is 15.8. The zero-order valence-electron chi connectivity index (χ0n) is 20.8. The van der Waals surface area contributed by atoms with Crippen LogP contribution in [-0.2, 0) is 6.54 Å². The number of carbonyl (C=O) groups is 1. The van der Waals surface area contributed by atoms with Crippen LogP contribution in [0.5, 0.6) is 5.75 Å². The molecule has 190 valence electrons. The number of rotatable bonds is 9. The van der Waals surface area contributed by atoms with E-state index >= 15 is 0 Å². The van der Waals surface area contributed by atoms with Crippen molar-refractivity contribution in [3.8, 4) is 5.75 Å². The van der Waals surface area contributed by atoms with Crippen LogP contribution in [0.15, 0.2) is 54.7 Å². The van der Waals surface area contributed by atoms with Gasteiger partial charge in [0.2, 0.25) is 0 Å². The number of aromatic nitrogens is 1. The van der Waals surface area contributed by atoms with Crippen molar-refractivity contribution in [2.24, 2.45) is 0 Å². The lowest BCUT2D eigenvalue weighted by molar-refractivity contribution is 0.0949. The molecule has 5 rings (SSSR count). The standard InChI is InChI=1S/C29H35ClN4O2/c30-26-20-23(29(35)32-14-5-17-33-15-1-2-16-33)9-10-27(26)36-25-11-18-34(19-12-25)21-24-7-3-6-22-8-4-13-31-28(22)24/h3-4,6-10,13,20,25H,1-2,5,11-12,14-19,21H2,(H,32,35). The number of carbonyl (C=O) groups excluding carboxylic acids is 1. The van der Waals surface area contributed by atoms with E-state index in [1.54, 1.807) is 12.1 Å². The third kappa shape index (κ3) is 6.36. The van der Waals surface area contributed by atoms with Gasteiger partial charge in [0.05, 0.1) is 10.5 Å². The van der Waals surface area contributed by atoms with Crippen LogP contribution >= 0.6 is 11.6 Å². The van der Waals surface area contributed by atoms with E-state index in [1.807, 2.05) is 18.3 Å². The molecule has 1 aromatic heterocycles. The van der Waals surface area contributed by atoms with Gasteiger partial charge < -0.3 is 15.0 Å². The van der Waals surface area contributed by atoms with Gasteiger partial charge in [-0.2, -0.15) is 0 Å². The van der Waals surface area contributed by atoms with Crippen LogP contribution in [0.3, 0.4) is 0 Å². The fraction of sp³-hybridized carbons (Fsp3) is 0.448. The van der Waals surface area contributed by atoms with Crippen molar-refractivity contribution in [3.63, 3.8) is 0 Å². The molecule has 0 unspecified atom stereocenters. The zero-order valence-corrected chi connectivity index (χ0v) is 21.6. The van der Waals surface area contributed by atoms with E-state index in [9.17, 15) is 4.79 Å². The van der Waals surface area contributed by atoms with Gasteiger partial charge in [0.1, 0.15) is 11.9 Å². The molecule has 0 atom stereocenters. The molecule has 2 aliphatic rings. The number of para-hydroxylation sites is 1. The number of likely N-dealkylation sites (tertiary alicyclic amines) is 2. The summed E-state index contributed by atoms with van der Waals surface area (Å²) in [4.78, 5) is 22.0. The summed E-state index contributed by atoms with van der Waals surface area (Å²) in [7, 11) is 0.